The molecule has 0 N–H and O–H groups in total. The summed E-state index contributed by atoms with van der Waals surface area (Å²) in [6.45, 7) is 8.24. The van der Waals surface area contributed by atoms with Gasteiger partial charge in [0.1, 0.15) is 11.4 Å². The van der Waals surface area contributed by atoms with Gasteiger partial charge in [-0.1, -0.05) is 11.6 Å². The van der Waals surface area contributed by atoms with Crippen LogP contribution in [0.1, 0.15) is 44.9 Å². The first-order valence-corrected chi connectivity index (χ1v) is 7.46. The van der Waals surface area contributed by atoms with Gasteiger partial charge < -0.3 is 14.4 Å². The minimum atomic E-state index is -0.491. The average molecular weight is 312 g/mol. The second-order valence-corrected chi connectivity index (χ2v) is 6.69. The fourth-order valence-corrected chi connectivity index (χ4v) is 2.81. The summed E-state index contributed by atoms with van der Waals surface area (Å²) in [4.78, 5) is 14.1. The van der Waals surface area contributed by atoms with Crippen LogP contribution in [0.4, 0.5) is 4.79 Å². The number of nitrogens with zero attached hydrogens (tertiary/aromatic N) is 1. The van der Waals surface area contributed by atoms with E-state index in [1.54, 1.807) is 12.0 Å². The largest absolute Gasteiger partial charge is 0.495 e. The third-order valence-electron chi connectivity index (χ3n) is 3.58. The number of hydrogen-bond acceptors (Lipinski definition) is 3. The topological polar surface area (TPSA) is 38.8 Å². The maximum atomic E-state index is 12.3. The summed E-state index contributed by atoms with van der Waals surface area (Å²) in [7, 11) is 1.59. The van der Waals surface area contributed by atoms with Crippen LogP contribution in [0.15, 0.2) is 12.1 Å². The molecule has 0 bridgehead atoms. The zero-order valence-corrected chi connectivity index (χ0v) is 14.0. The quantitative estimate of drug-likeness (QED) is 0.780. The Balaban J connectivity index is 2.27. The second-order valence-electron chi connectivity index (χ2n) is 6.29. The lowest BCUT2D eigenvalue weighted by molar-refractivity contribution is 0.0159. The minimum Gasteiger partial charge on any atom is -0.495 e. The highest BCUT2D eigenvalue weighted by molar-refractivity contribution is 6.32. The molecule has 0 saturated carbocycles. The van der Waals surface area contributed by atoms with E-state index >= 15 is 0 Å². The highest BCUT2D eigenvalue weighted by atomic mass is 35.5. The van der Waals surface area contributed by atoms with Gasteiger partial charge in [0, 0.05) is 6.54 Å². The standard InChI is InChI=1S/C16H22ClNO3/c1-10-12-9-14(20-5)13(17)8-11(12)6-7-18(10)15(19)21-16(2,3)4/h8-10H,6-7H2,1-5H3. The Morgan fingerprint density at radius 3 is 2.62 bits per heavy atom. The predicted molar refractivity (Wildman–Crippen MR) is 83.1 cm³/mol. The molecule has 21 heavy (non-hydrogen) atoms. The normalized spacial score (nSPS) is 18.2. The molecule has 2 rings (SSSR count). The molecule has 1 unspecified atom stereocenters. The molecule has 0 fully saturated rings. The SMILES string of the molecule is COc1cc2c(cc1Cl)CCN(C(=O)OC(C)(C)C)C2C. The van der Waals surface area contributed by atoms with E-state index in [0.717, 1.165) is 17.5 Å². The second kappa shape index (κ2) is 5.76. The molecular formula is C16H22ClNO3. The first-order valence-electron chi connectivity index (χ1n) is 7.09. The average Bonchev–Trinajstić information content (AvgIpc) is 2.36. The summed E-state index contributed by atoms with van der Waals surface area (Å²) in [5.41, 5.74) is 1.73. The van der Waals surface area contributed by atoms with Crippen LogP contribution < -0.4 is 4.74 Å². The maximum Gasteiger partial charge on any atom is 0.410 e. The molecule has 5 heteroatoms. The summed E-state index contributed by atoms with van der Waals surface area (Å²) in [5, 5.41) is 0.606. The summed E-state index contributed by atoms with van der Waals surface area (Å²) in [6, 6.07) is 3.78. The number of ether oxygens (including phenoxy) is 2. The van der Waals surface area contributed by atoms with Crippen molar-refractivity contribution >= 4 is 17.7 Å². The van der Waals surface area contributed by atoms with Crippen LogP contribution in [0, 0.1) is 0 Å². The van der Waals surface area contributed by atoms with E-state index < -0.39 is 5.60 Å². The molecule has 1 atom stereocenters. The van der Waals surface area contributed by atoms with E-state index in [0.29, 0.717) is 17.3 Å². The van der Waals surface area contributed by atoms with Gasteiger partial charge >= 0.3 is 6.09 Å². The van der Waals surface area contributed by atoms with E-state index in [1.807, 2.05) is 39.8 Å². The lowest BCUT2D eigenvalue weighted by atomic mass is 9.93. The Labute approximate surface area is 131 Å². The van der Waals surface area contributed by atoms with Crippen LogP contribution in [-0.4, -0.2) is 30.2 Å². The molecule has 1 aromatic carbocycles. The minimum absolute atomic E-state index is 0.0604. The van der Waals surface area contributed by atoms with Crippen molar-refractivity contribution in [2.45, 2.75) is 45.8 Å². The maximum absolute atomic E-state index is 12.3. The number of amides is 1. The van der Waals surface area contributed by atoms with Crippen molar-refractivity contribution in [3.05, 3.63) is 28.3 Å². The number of rotatable bonds is 1. The Morgan fingerprint density at radius 2 is 2.05 bits per heavy atom. The molecule has 0 saturated heterocycles. The third-order valence-corrected chi connectivity index (χ3v) is 3.88. The van der Waals surface area contributed by atoms with Crippen LogP contribution in [0.3, 0.4) is 0 Å². The number of hydrogen-bond donors (Lipinski definition) is 0. The van der Waals surface area contributed by atoms with Gasteiger partial charge in [-0.15, -0.1) is 0 Å². The lowest BCUT2D eigenvalue weighted by Crippen LogP contribution is -2.42. The smallest absolute Gasteiger partial charge is 0.410 e. The van der Waals surface area contributed by atoms with Crippen LogP contribution in [0.5, 0.6) is 5.75 Å². The van der Waals surface area contributed by atoms with Crippen LogP contribution in [-0.2, 0) is 11.2 Å². The van der Waals surface area contributed by atoms with Crippen molar-refractivity contribution in [3.8, 4) is 5.75 Å². The number of carbonyl (C=O) groups excluding carboxylic acids is 1. The van der Waals surface area contributed by atoms with Crippen molar-refractivity contribution in [3.63, 3.8) is 0 Å². The van der Waals surface area contributed by atoms with Crippen LogP contribution >= 0.6 is 11.6 Å². The van der Waals surface area contributed by atoms with E-state index in [-0.39, 0.29) is 12.1 Å². The molecule has 0 radical (unpaired) electrons. The first kappa shape index (κ1) is 16.0. The lowest BCUT2D eigenvalue weighted by Gasteiger charge is -2.36. The molecular weight excluding hydrogens is 290 g/mol. The Kier molecular flexibility index (Phi) is 4.38. The molecule has 0 aromatic heterocycles. The zero-order chi connectivity index (χ0) is 15.8. The highest BCUT2D eigenvalue weighted by Crippen LogP contribution is 2.36. The molecule has 0 aliphatic carbocycles. The van der Waals surface area contributed by atoms with Gasteiger partial charge in [0.05, 0.1) is 18.2 Å². The molecule has 0 spiro atoms. The summed E-state index contributed by atoms with van der Waals surface area (Å²) in [6.07, 6.45) is 0.484. The fourth-order valence-electron chi connectivity index (χ4n) is 2.54. The van der Waals surface area contributed by atoms with Crippen LogP contribution in [0.2, 0.25) is 5.02 Å². The predicted octanol–water partition coefficient (Wildman–Crippen LogP) is 4.20. The Hall–Kier alpha value is -1.42. The van der Waals surface area contributed by atoms with Gasteiger partial charge in [-0.25, -0.2) is 4.79 Å². The van der Waals surface area contributed by atoms with Gasteiger partial charge in [0.15, 0.2) is 0 Å². The summed E-state index contributed by atoms with van der Waals surface area (Å²) in [5.74, 6) is 0.633. The van der Waals surface area contributed by atoms with Gasteiger partial charge in [-0.05, 0) is 57.4 Å². The number of methoxy groups -OCH3 is 1. The Bertz CT molecular complexity index is 551. The zero-order valence-electron chi connectivity index (χ0n) is 13.2. The number of benzene rings is 1. The van der Waals surface area contributed by atoms with Gasteiger partial charge in [-0.3, -0.25) is 0 Å². The third kappa shape index (κ3) is 3.43. The van der Waals surface area contributed by atoms with Crippen molar-refractivity contribution in [1.82, 2.24) is 4.90 Å². The Morgan fingerprint density at radius 1 is 1.38 bits per heavy atom. The van der Waals surface area contributed by atoms with Crippen LogP contribution in [0.25, 0.3) is 0 Å². The highest BCUT2D eigenvalue weighted by Gasteiger charge is 2.31. The van der Waals surface area contributed by atoms with E-state index in [2.05, 4.69) is 0 Å². The number of carbonyl (C=O) groups is 1. The van der Waals surface area contributed by atoms with Crippen molar-refractivity contribution < 1.29 is 14.3 Å². The molecule has 116 valence electrons. The first-order chi connectivity index (χ1) is 9.73. The van der Waals surface area contributed by atoms with Gasteiger partial charge in [-0.2, -0.15) is 0 Å². The van der Waals surface area contributed by atoms with Crippen molar-refractivity contribution in [2.75, 3.05) is 13.7 Å². The molecule has 1 amide bonds. The van der Waals surface area contributed by atoms with E-state index in [4.69, 9.17) is 21.1 Å². The van der Waals surface area contributed by atoms with Crippen molar-refractivity contribution in [1.29, 1.82) is 0 Å². The monoisotopic (exact) mass is 311 g/mol. The molecule has 1 heterocycles. The van der Waals surface area contributed by atoms with Crippen molar-refractivity contribution in [2.24, 2.45) is 0 Å². The molecule has 1 aromatic rings. The van der Waals surface area contributed by atoms with Gasteiger partial charge in [0.25, 0.3) is 0 Å². The van der Waals surface area contributed by atoms with Gasteiger partial charge in [0.2, 0.25) is 0 Å². The molecule has 1 aliphatic heterocycles. The summed E-state index contributed by atoms with van der Waals surface area (Å²) < 4.78 is 10.7. The number of fused-ring (bicyclic) bond motifs is 1. The van der Waals surface area contributed by atoms with E-state index in [9.17, 15) is 4.79 Å². The molecule has 4 nitrogen and oxygen atoms in total. The fraction of sp³-hybridized carbons (Fsp3) is 0.562. The molecule has 1 aliphatic rings. The van der Waals surface area contributed by atoms with E-state index in [1.165, 1.54) is 0 Å². The summed E-state index contributed by atoms with van der Waals surface area (Å²) >= 11 is 6.16. The number of halogens is 1.